The Labute approximate surface area is 173 Å². The molecule has 3 rings (SSSR count). The van der Waals surface area contributed by atoms with E-state index in [1.165, 1.54) is 6.26 Å². The topological polar surface area (TPSA) is 94.1 Å². The number of guanidine groups is 1. The summed E-state index contributed by atoms with van der Waals surface area (Å²) in [6.45, 7) is 3.38. The molecule has 0 unspecified atom stereocenters. The minimum atomic E-state index is -3.08. The Hall–Kier alpha value is -2.13. The summed E-state index contributed by atoms with van der Waals surface area (Å²) < 4.78 is 24.7. The van der Waals surface area contributed by atoms with E-state index in [9.17, 15) is 13.2 Å². The van der Waals surface area contributed by atoms with Crippen LogP contribution in [0.15, 0.2) is 29.3 Å². The van der Waals surface area contributed by atoms with E-state index in [1.807, 2.05) is 29.2 Å². The van der Waals surface area contributed by atoms with Crippen molar-refractivity contribution in [2.75, 3.05) is 44.4 Å². The molecule has 0 aromatic heterocycles. The van der Waals surface area contributed by atoms with Crippen LogP contribution in [-0.4, -0.2) is 64.1 Å². The summed E-state index contributed by atoms with van der Waals surface area (Å²) in [6, 6.07) is 8.04. The van der Waals surface area contributed by atoms with Crippen molar-refractivity contribution in [3.8, 4) is 0 Å². The van der Waals surface area contributed by atoms with E-state index < -0.39 is 10.0 Å². The summed E-state index contributed by atoms with van der Waals surface area (Å²) in [5.41, 5.74) is 2.07. The van der Waals surface area contributed by atoms with Crippen molar-refractivity contribution < 1.29 is 13.2 Å². The molecule has 2 aliphatic rings. The number of carbonyl (C=O) groups is 1. The molecular weight excluding hydrogens is 390 g/mol. The van der Waals surface area contributed by atoms with E-state index in [1.54, 1.807) is 11.4 Å². The van der Waals surface area contributed by atoms with Crippen LogP contribution >= 0.6 is 0 Å². The van der Waals surface area contributed by atoms with E-state index in [2.05, 4.69) is 15.6 Å². The number of piperidine rings is 1. The summed E-state index contributed by atoms with van der Waals surface area (Å²) in [5, 5.41) is 6.65. The maximum absolute atomic E-state index is 11.8. The molecule has 0 spiro atoms. The molecule has 0 aliphatic carbocycles. The first-order valence-electron chi connectivity index (χ1n) is 10.2. The molecule has 1 aromatic carbocycles. The molecule has 1 aromatic rings. The minimum absolute atomic E-state index is 0.197. The monoisotopic (exact) mass is 421 g/mol. The van der Waals surface area contributed by atoms with Crippen molar-refractivity contribution >= 4 is 27.6 Å². The molecule has 160 valence electrons. The number of aliphatic imine (C=N–C) groups is 1. The number of nitrogens with zero attached hydrogens (tertiary/aromatic N) is 3. The zero-order valence-electron chi connectivity index (χ0n) is 17.2. The van der Waals surface area contributed by atoms with E-state index in [0.29, 0.717) is 32.0 Å². The molecule has 2 fully saturated rings. The zero-order chi connectivity index (χ0) is 20.9. The quantitative estimate of drug-likeness (QED) is 0.531. The van der Waals surface area contributed by atoms with Crippen molar-refractivity contribution in [3.63, 3.8) is 0 Å². The highest BCUT2D eigenvalue weighted by Gasteiger charge is 2.25. The van der Waals surface area contributed by atoms with Crippen LogP contribution in [0.5, 0.6) is 0 Å². The summed E-state index contributed by atoms with van der Waals surface area (Å²) >= 11 is 0. The predicted octanol–water partition coefficient (Wildman–Crippen LogP) is 1.15. The average molecular weight is 422 g/mol. The van der Waals surface area contributed by atoms with Gasteiger partial charge in [0.15, 0.2) is 5.96 Å². The number of hydrogen-bond donors (Lipinski definition) is 2. The van der Waals surface area contributed by atoms with Gasteiger partial charge in [-0.3, -0.25) is 9.79 Å². The lowest BCUT2D eigenvalue weighted by Crippen LogP contribution is -2.43. The molecule has 9 heteroatoms. The predicted molar refractivity (Wildman–Crippen MR) is 115 cm³/mol. The molecule has 2 aliphatic heterocycles. The van der Waals surface area contributed by atoms with Crippen LogP contribution in [0, 0.1) is 5.92 Å². The fourth-order valence-corrected chi connectivity index (χ4v) is 4.68. The van der Waals surface area contributed by atoms with Gasteiger partial charge in [-0.2, -0.15) is 0 Å². The highest BCUT2D eigenvalue weighted by atomic mass is 32.2. The number of benzene rings is 1. The van der Waals surface area contributed by atoms with Crippen molar-refractivity contribution in [1.29, 1.82) is 0 Å². The molecular formula is C20H31N5O3S. The Kier molecular flexibility index (Phi) is 7.13. The second-order valence-electron chi connectivity index (χ2n) is 7.73. The van der Waals surface area contributed by atoms with Crippen molar-refractivity contribution in [2.45, 2.75) is 32.2 Å². The SMILES string of the molecule is CN=C(NCc1ccc(N2CCCC2=O)cc1)NCC1CCN(S(C)(=O)=O)CC1. The number of carbonyl (C=O) groups excluding carboxylic acids is 1. The Balaban J connectivity index is 1.42. The molecule has 2 heterocycles. The highest BCUT2D eigenvalue weighted by Crippen LogP contribution is 2.21. The normalized spacial score (nSPS) is 19.6. The van der Waals surface area contributed by atoms with Gasteiger partial charge in [-0.25, -0.2) is 12.7 Å². The van der Waals surface area contributed by atoms with Crippen LogP contribution < -0.4 is 15.5 Å². The van der Waals surface area contributed by atoms with Crippen LogP contribution in [0.2, 0.25) is 0 Å². The smallest absolute Gasteiger partial charge is 0.227 e. The molecule has 0 saturated carbocycles. The van der Waals surface area contributed by atoms with Gasteiger partial charge < -0.3 is 15.5 Å². The van der Waals surface area contributed by atoms with Crippen LogP contribution in [0.4, 0.5) is 5.69 Å². The second-order valence-corrected chi connectivity index (χ2v) is 9.71. The summed E-state index contributed by atoms with van der Waals surface area (Å²) in [6.07, 6.45) is 4.55. The molecule has 0 atom stereocenters. The molecule has 1 amide bonds. The van der Waals surface area contributed by atoms with E-state index in [0.717, 1.165) is 49.6 Å². The highest BCUT2D eigenvalue weighted by molar-refractivity contribution is 7.88. The number of anilines is 1. The third-order valence-corrected chi connectivity index (χ3v) is 6.91. The summed E-state index contributed by atoms with van der Waals surface area (Å²) in [5.74, 6) is 1.36. The van der Waals surface area contributed by atoms with Crippen molar-refractivity contribution in [1.82, 2.24) is 14.9 Å². The number of hydrogen-bond acceptors (Lipinski definition) is 4. The largest absolute Gasteiger partial charge is 0.356 e. The first kappa shape index (κ1) is 21.6. The fourth-order valence-electron chi connectivity index (χ4n) is 3.81. The number of amides is 1. The van der Waals surface area contributed by atoms with Gasteiger partial charge in [0.1, 0.15) is 0 Å². The Morgan fingerprint density at radius 2 is 1.83 bits per heavy atom. The van der Waals surface area contributed by atoms with E-state index in [4.69, 9.17) is 0 Å². The second kappa shape index (κ2) is 9.58. The van der Waals surface area contributed by atoms with Crippen LogP contribution in [0.3, 0.4) is 0 Å². The van der Waals surface area contributed by atoms with Gasteiger partial charge in [0.05, 0.1) is 6.26 Å². The van der Waals surface area contributed by atoms with Gasteiger partial charge in [0.2, 0.25) is 15.9 Å². The van der Waals surface area contributed by atoms with E-state index in [-0.39, 0.29) is 5.91 Å². The summed E-state index contributed by atoms with van der Waals surface area (Å²) in [4.78, 5) is 17.9. The van der Waals surface area contributed by atoms with Gasteiger partial charge >= 0.3 is 0 Å². The van der Waals surface area contributed by atoms with E-state index >= 15 is 0 Å². The number of nitrogens with one attached hydrogen (secondary N) is 2. The standard InChI is InChI=1S/C20H31N5O3S/c1-21-20(23-15-17-9-12-24(13-10-17)29(2,27)28)22-14-16-5-7-18(8-6-16)25-11-3-4-19(25)26/h5-8,17H,3-4,9-15H2,1-2H3,(H2,21,22,23). The Morgan fingerprint density at radius 3 is 2.38 bits per heavy atom. The van der Waals surface area contributed by atoms with Crippen LogP contribution in [0.25, 0.3) is 0 Å². The molecule has 8 nitrogen and oxygen atoms in total. The average Bonchev–Trinajstić information content (AvgIpc) is 3.14. The zero-order valence-corrected chi connectivity index (χ0v) is 18.0. The van der Waals surface area contributed by atoms with Crippen LogP contribution in [-0.2, 0) is 21.4 Å². The Bertz CT molecular complexity index is 830. The molecule has 2 N–H and O–H groups in total. The number of rotatable bonds is 6. The van der Waals surface area contributed by atoms with Crippen molar-refractivity contribution in [3.05, 3.63) is 29.8 Å². The minimum Gasteiger partial charge on any atom is -0.356 e. The van der Waals surface area contributed by atoms with Gasteiger partial charge in [0, 0.05) is 51.9 Å². The lowest BCUT2D eigenvalue weighted by molar-refractivity contribution is -0.117. The molecule has 0 bridgehead atoms. The van der Waals surface area contributed by atoms with Crippen molar-refractivity contribution in [2.24, 2.45) is 10.9 Å². The Morgan fingerprint density at radius 1 is 1.14 bits per heavy atom. The lowest BCUT2D eigenvalue weighted by atomic mass is 9.98. The van der Waals surface area contributed by atoms with Crippen LogP contribution in [0.1, 0.15) is 31.2 Å². The maximum atomic E-state index is 11.8. The third-order valence-electron chi connectivity index (χ3n) is 5.61. The third kappa shape index (κ3) is 5.93. The first-order valence-corrected chi connectivity index (χ1v) is 12.0. The first-order chi connectivity index (χ1) is 13.9. The van der Waals surface area contributed by atoms with Gasteiger partial charge in [-0.1, -0.05) is 12.1 Å². The number of sulfonamides is 1. The molecule has 29 heavy (non-hydrogen) atoms. The fraction of sp³-hybridized carbons (Fsp3) is 0.600. The summed E-state index contributed by atoms with van der Waals surface area (Å²) in [7, 11) is -1.34. The van der Waals surface area contributed by atoms with Gasteiger partial charge in [-0.15, -0.1) is 0 Å². The molecule has 0 radical (unpaired) electrons. The maximum Gasteiger partial charge on any atom is 0.227 e. The lowest BCUT2D eigenvalue weighted by Gasteiger charge is -2.30. The molecule has 2 saturated heterocycles. The van der Waals surface area contributed by atoms with Gasteiger partial charge in [0.25, 0.3) is 0 Å². The van der Waals surface area contributed by atoms with Gasteiger partial charge in [-0.05, 0) is 42.9 Å².